The molecule has 3 aromatic rings. The van der Waals surface area contributed by atoms with Crippen LogP contribution in [0, 0.1) is 11.8 Å². The van der Waals surface area contributed by atoms with Crippen LogP contribution in [0.2, 0.25) is 0 Å². The summed E-state index contributed by atoms with van der Waals surface area (Å²) in [7, 11) is 2.18. The summed E-state index contributed by atoms with van der Waals surface area (Å²) in [6.07, 6.45) is 3.27. The van der Waals surface area contributed by atoms with Crippen LogP contribution in [0.1, 0.15) is 19.9 Å². The van der Waals surface area contributed by atoms with Crippen LogP contribution in [0.3, 0.4) is 0 Å². The Bertz CT molecular complexity index is 1310. The van der Waals surface area contributed by atoms with E-state index < -0.39 is 0 Å². The minimum Gasteiger partial charge on any atom is -0.369 e. The number of rotatable bonds is 6. The molecule has 6 rings (SSSR count). The van der Waals surface area contributed by atoms with Crippen molar-refractivity contribution in [2.45, 2.75) is 19.9 Å². The number of likely N-dealkylation sites (N-methyl/N-ethyl adjacent to an activating group) is 1. The molecule has 0 saturated carbocycles. The first-order valence-electron chi connectivity index (χ1n) is 13.6. The zero-order valence-electron chi connectivity index (χ0n) is 22.5. The van der Waals surface area contributed by atoms with E-state index in [1.165, 1.54) is 11.8 Å². The van der Waals surface area contributed by atoms with E-state index in [1.807, 2.05) is 11.2 Å². The van der Waals surface area contributed by atoms with Gasteiger partial charge in [-0.05, 0) is 51.2 Å². The Morgan fingerprint density at radius 3 is 2.32 bits per heavy atom. The Morgan fingerprint density at radius 1 is 1.00 bits per heavy atom. The fraction of sp³-hybridized carbons (Fsp3) is 0.500. The van der Waals surface area contributed by atoms with Gasteiger partial charge in [0.2, 0.25) is 11.9 Å². The number of carbonyl (C=O) groups excluding carboxylic acids is 1. The lowest BCUT2D eigenvalue weighted by molar-refractivity contribution is -0.125. The van der Waals surface area contributed by atoms with Crippen molar-refractivity contribution < 1.29 is 4.79 Å². The number of hydrogen-bond donors (Lipinski definition) is 1. The molecular weight excluding hydrogens is 478 g/mol. The largest absolute Gasteiger partial charge is 0.369 e. The first kappa shape index (κ1) is 24.7. The number of nitrogens with zero attached hydrogens (tertiary/aromatic N) is 8. The van der Waals surface area contributed by atoms with E-state index in [9.17, 15) is 4.79 Å². The molecule has 0 aliphatic carbocycles. The summed E-state index contributed by atoms with van der Waals surface area (Å²) >= 11 is 0. The fourth-order valence-corrected chi connectivity index (χ4v) is 5.93. The molecule has 0 bridgehead atoms. The van der Waals surface area contributed by atoms with Gasteiger partial charge in [-0.1, -0.05) is 6.58 Å². The van der Waals surface area contributed by atoms with Crippen molar-refractivity contribution in [2.24, 2.45) is 11.8 Å². The van der Waals surface area contributed by atoms with E-state index in [0.717, 1.165) is 75.0 Å². The van der Waals surface area contributed by atoms with Crippen LogP contribution in [0.15, 0.2) is 43.2 Å². The maximum atomic E-state index is 12.1. The van der Waals surface area contributed by atoms with Gasteiger partial charge in [-0.3, -0.25) is 4.79 Å². The molecule has 1 amide bonds. The first-order valence-corrected chi connectivity index (χ1v) is 13.6. The van der Waals surface area contributed by atoms with Crippen LogP contribution < -0.4 is 15.1 Å². The molecular formula is C28H37N9O. The Kier molecular flexibility index (Phi) is 6.43. The number of hydrogen-bond acceptors (Lipinski definition) is 8. The number of anilines is 4. The lowest BCUT2D eigenvalue weighted by Crippen LogP contribution is -2.44. The molecule has 3 aliphatic rings. The smallest absolute Gasteiger partial charge is 0.245 e. The monoisotopic (exact) mass is 515 g/mol. The molecule has 3 aliphatic heterocycles. The van der Waals surface area contributed by atoms with E-state index in [4.69, 9.17) is 9.97 Å². The number of likely N-dealkylation sites (tertiary alicyclic amines) is 1. The molecule has 200 valence electrons. The number of carbonyl (C=O) groups is 1. The fourth-order valence-electron chi connectivity index (χ4n) is 5.93. The SMILES string of the molecule is C=CC(=O)N1CC2CN(c3nc(Nc4ccc(N5CCN(C)CC5)cc4)c4ncn(C(C)C)c4n3)CC2C1. The first-order chi connectivity index (χ1) is 18.4. The summed E-state index contributed by atoms with van der Waals surface area (Å²) in [5, 5.41) is 3.54. The van der Waals surface area contributed by atoms with Crippen LogP contribution >= 0.6 is 0 Å². The Hall–Kier alpha value is -3.66. The van der Waals surface area contributed by atoms with Crippen molar-refractivity contribution in [3.63, 3.8) is 0 Å². The number of imidazole rings is 1. The number of fused-ring (bicyclic) bond motifs is 2. The summed E-state index contributed by atoms with van der Waals surface area (Å²) in [5.41, 5.74) is 3.83. The zero-order valence-corrected chi connectivity index (χ0v) is 22.5. The molecule has 1 N–H and O–H groups in total. The topological polar surface area (TPSA) is 85.7 Å². The number of amides is 1. The lowest BCUT2D eigenvalue weighted by atomic mass is 10.0. The average molecular weight is 516 g/mol. The van der Waals surface area contributed by atoms with Gasteiger partial charge in [0, 0.05) is 81.6 Å². The molecule has 2 atom stereocenters. The minimum atomic E-state index is 0.0228. The van der Waals surface area contributed by atoms with Crippen molar-refractivity contribution in [2.75, 3.05) is 74.5 Å². The van der Waals surface area contributed by atoms with E-state index in [-0.39, 0.29) is 11.9 Å². The summed E-state index contributed by atoms with van der Waals surface area (Å²) < 4.78 is 2.10. The zero-order chi connectivity index (χ0) is 26.4. The Labute approximate surface area is 223 Å². The van der Waals surface area contributed by atoms with E-state index in [2.05, 4.69) is 81.3 Å². The number of piperazine rings is 1. The highest BCUT2D eigenvalue weighted by atomic mass is 16.2. The number of aromatic nitrogens is 4. The minimum absolute atomic E-state index is 0.0228. The third-order valence-corrected chi connectivity index (χ3v) is 8.22. The molecule has 3 saturated heterocycles. The van der Waals surface area contributed by atoms with Gasteiger partial charge in [-0.2, -0.15) is 9.97 Å². The Balaban J connectivity index is 1.25. The molecule has 0 radical (unpaired) electrons. The summed E-state index contributed by atoms with van der Waals surface area (Å²) in [6.45, 7) is 15.4. The molecule has 5 heterocycles. The molecule has 2 aromatic heterocycles. The maximum Gasteiger partial charge on any atom is 0.245 e. The van der Waals surface area contributed by atoms with Crippen molar-refractivity contribution in [3.8, 4) is 0 Å². The second-order valence-electron chi connectivity index (χ2n) is 11.1. The van der Waals surface area contributed by atoms with Gasteiger partial charge in [0.15, 0.2) is 17.0 Å². The number of benzene rings is 1. The highest BCUT2D eigenvalue weighted by Gasteiger charge is 2.42. The number of nitrogens with one attached hydrogen (secondary N) is 1. The molecule has 38 heavy (non-hydrogen) atoms. The predicted molar refractivity (Wildman–Crippen MR) is 151 cm³/mol. The molecule has 1 aromatic carbocycles. The van der Waals surface area contributed by atoms with Gasteiger partial charge in [0.1, 0.15) is 0 Å². The Morgan fingerprint density at radius 2 is 1.68 bits per heavy atom. The van der Waals surface area contributed by atoms with Crippen LogP contribution in [-0.4, -0.2) is 94.6 Å². The van der Waals surface area contributed by atoms with Gasteiger partial charge >= 0.3 is 0 Å². The highest BCUT2D eigenvalue weighted by Crippen LogP contribution is 2.35. The summed E-state index contributed by atoms with van der Waals surface area (Å²) in [5.74, 6) is 2.30. The van der Waals surface area contributed by atoms with E-state index >= 15 is 0 Å². The summed E-state index contributed by atoms with van der Waals surface area (Å²) in [6, 6.07) is 8.82. The second kappa shape index (κ2) is 9.90. The van der Waals surface area contributed by atoms with Crippen LogP contribution in [0.25, 0.3) is 11.2 Å². The third-order valence-electron chi connectivity index (χ3n) is 8.22. The lowest BCUT2D eigenvalue weighted by Gasteiger charge is -2.34. The molecule has 10 nitrogen and oxygen atoms in total. The summed E-state index contributed by atoms with van der Waals surface area (Å²) in [4.78, 5) is 35.7. The van der Waals surface area contributed by atoms with Crippen LogP contribution in [0.4, 0.5) is 23.1 Å². The normalized spacial score (nSPS) is 21.9. The van der Waals surface area contributed by atoms with Crippen LogP contribution in [-0.2, 0) is 4.79 Å². The van der Waals surface area contributed by atoms with Crippen molar-refractivity contribution in [1.29, 1.82) is 0 Å². The van der Waals surface area contributed by atoms with E-state index in [0.29, 0.717) is 17.8 Å². The van der Waals surface area contributed by atoms with Gasteiger partial charge in [-0.25, -0.2) is 4.98 Å². The van der Waals surface area contributed by atoms with Gasteiger partial charge in [0.25, 0.3) is 0 Å². The molecule has 10 heteroatoms. The van der Waals surface area contributed by atoms with E-state index in [1.54, 1.807) is 0 Å². The van der Waals surface area contributed by atoms with Gasteiger partial charge in [-0.15, -0.1) is 0 Å². The quantitative estimate of drug-likeness (QED) is 0.502. The van der Waals surface area contributed by atoms with Gasteiger partial charge in [0.05, 0.1) is 6.33 Å². The maximum absolute atomic E-state index is 12.1. The average Bonchev–Trinajstić information content (AvgIpc) is 3.63. The van der Waals surface area contributed by atoms with Crippen molar-refractivity contribution in [1.82, 2.24) is 29.3 Å². The molecule has 3 fully saturated rings. The van der Waals surface area contributed by atoms with Gasteiger partial charge < -0.3 is 29.5 Å². The standard InChI is InChI=1S/C28H37N9O/c1-5-24(38)35-14-20-16-36(17-21(20)15-35)28-31-26(25-27(32-28)37(18-29-25)19(2)3)30-22-6-8-23(9-7-22)34-12-10-33(4)11-13-34/h5-9,18-21H,1,10-17H2,2-4H3,(H,30,31,32). The third kappa shape index (κ3) is 4.57. The highest BCUT2D eigenvalue weighted by molar-refractivity contribution is 5.88. The van der Waals surface area contributed by atoms with Crippen molar-refractivity contribution >= 4 is 40.2 Å². The predicted octanol–water partition coefficient (Wildman–Crippen LogP) is 2.98. The van der Waals surface area contributed by atoms with Crippen molar-refractivity contribution in [3.05, 3.63) is 43.2 Å². The molecule has 2 unspecified atom stereocenters. The second-order valence-corrected chi connectivity index (χ2v) is 11.1. The van der Waals surface area contributed by atoms with Crippen LogP contribution in [0.5, 0.6) is 0 Å². The molecule has 0 spiro atoms.